The Morgan fingerprint density at radius 2 is 1.06 bits per heavy atom. The molecule has 4 aromatic heterocycles. The zero-order chi connectivity index (χ0) is 32.1. The van der Waals surface area contributed by atoms with Gasteiger partial charge in [-0.3, -0.25) is 0 Å². The number of rotatable bonds is 3. The van der Waals surface area contributed by atoms with Gasteiger partial charge in [0.1, 0.15) is 0 Å². The first-order chi connectivity index (χ1) is 24.3. The predicted octanol–water partition coefficient (Wildman–Crippen LogP) is 12.8. The molecule has 7 aromatic carbocycles. The third-order valence-corrected chi connectivity index (χ3v) is 12.1. The topological polar surface area (TPSA) is 30.7 Å². The Morgan fingerprint density at radius 1 is 0.449 bits per heavy atom. The maximum Gasteiger partial charge on any atom is 0.160 e. The van der Waals surface area contributed by atoms with E-state index < -0.39 is 0 Å². The van der Waals surface area contributed by atoms with Crippen LogP contribution in [0.3, 0.4) is 0 Å². The molecular weight excluding hydrogens is 635 g/mol. The molecule has 4 heterocycles. The lowest BCUT2D eigenvalue weighted by molar-refractivity contribution is 1.18. The lowest BCUT2D eigenvalue weighted by Crippen LogP contribution is -1.98. The van der Waals surface area contributed by atoms with Crippen LogP contribution in [0.25, 0.3) is 101 Å². The molecule has 228 valence electrons. The maximum absolute atomic E-state index is 5.22. The van der Waals surface area contributed by atoms with Crippen LogP contribution in [-0.2, 0) is 0 Å². The summed E-state index contributed by atoms with van der Waals surface area (Å²) in [7, 11) is 0. The van der Waals surface area contributed by atoms with Crippen LogP contribution in [0.4, 0.5) is 0 Å². The summed E-state index contributed by atoms with van der Waals surface area (Å²) in [5, 5.41) is 9.02. The number of aromatic nitrogens is 3. The lowest BCUT2D eigenvalue weighted by Gasteiger charge is -2.12. The van der Waals surface area contributed by atoms with Crippen molar-refractivity contribution >= 4 is 95.7 Å². The van der Waals surface area contributed by atoms with Gasteiger partial charge in [-0.25, -0.2) is 9.97 Å². The zero-order valence-electron chi connectivity index (χ0n) is 26.1. The molecular formula is C44H25N3S2. The van der Waals surface area contributed by atoms with Gasteiger partial charge >= 0.3 is 0 Å². The molecule has 0 aliphatic rings. The van der Waals surface area contributed by atoms with Gasteiger partial charge in [0.25, 0.3) is 0 Å². The van der Waals surface area contributed by atoms with Crippen molar-refractivity contribution in [3.63, 3.8) is 0 Å². The highest BCUT2D eigenvalue weighted by atomic mass is 32.1. The number of para-hydroxylation sites is 2. The highest BCUT2D eigenvalue weighted by Gasteiger charge is 2.24. The van der Waals surface area contributed by atoms with E-state index in [-0.39, 0.29) is 0 Å². The minimum Gasteiger partial charge on any atom is -0.308 e. The molecule has 11 rings (SSSR count). The second-order valence-corrected chi connectivity index (χ2v) is 14.6. The van der Waals surface area contributed by atoms with Gasteiger partial charge in [-0.05, 0) is 36.4 Å². The summed E-state index contributed by atoms with van der Waals surface area (Å²) in [6.45, 7) is 0. The standard InChI is InChI=1S/C44H25N3S2/c1-2-13-26(14-3-1)40-29-17-4-8-21-33(29)45-44(46-40)27-15-12-16-28(25-27)47-34-22-9-5-18-30(34)39-41(47)43-38(32-20-7-11-24-36(32)49-43)37-31-19-6-10-23-35(31)48-42(37)39/h1-25H. The number of hydrogen-bond acceptors (Lipinski definition) is 4. The third kappa shape index (κ3) is 3.88. The van der Waals surface area contributed by atoms with Crippen LogP contribution in [0.15, 0.2) is 152 Å². The number of nitrogens with zero attached hydrogens (tertiary/aromatic N) is 3. The minimum atomic E-state index is 0.721. The molecule has 3 nitrogen and oxygen atoms in total. The van der Waals surface area contributed by atoms with E-state index in [1.165, 1.54) is 62.2 Å². The average molecular weight is 660 g/mol. The van der Waals surface area contributed by atoms with Gasteiger partial charge in [0.2, 0.25) is 0 Å². The van der Waals surface area contributed by atoms with Crippen molar-refractivity contribution in [3.05, 3.63) is 152 Å². The number of benzene rings is 7. The minimum absolute atomic E-state index is 0.721. The average Bonchev–Trinajstić information content (AvgIpc) is 3.84. The summed E-state index contributed by atoms with van der Waals surface area (Å²) in [4.78, 5) is 10.3. The van der Waals surface area contributed by atoms with Gasteiger partial charge in [0, 0.05) is 68.6 Å². The Balaban J connectivity index is 1.26. The fourth-order valence-corrected chi connectivity index (χ4v) is 10.2. The van der Waals surface area contributed by atoms with E-state index in [1.807, 2.05) is 34.8 Å². The lowest BCUT2D eigenvalue weighted by atomic mass is 10.0. The molecule has 0 aliphatic carbocycles. The molecule has 0 amide bonds. The molecule has 5 heteroatoms. The molecule has 49 heavy (non-hydrogen) atoms. The van der Waals surface area contributed by atoms with E-state index in [0.717, 1.165) is 39.2 Å². The molecule has 0 spiro atoms. The highest BCUT2D eigenvalue weighted by molar-refractivity contribution is 7.29. The third-order valence-electron chi connectivity index (χ3n) is 9.77. The van der Waals surface area contributed by atoms with Crippen LogP contribution >= 0.6 is 22.7 Å². The number of hydrogen-bond donors (Lipinski definition) is 0. The Hall–Kier alpha value is -5.88. The van der Waals surface area contributed by atoms with E-state index in [0.29, 0.717) is 0 Å². The first-order valence-corrected chi connectivity index (χ1v) is 18.1. The van der Waals surface area contributed by atoms with Crippen molar-refractivity contribution in [2.45, 2.75) is 0 Å². The molecule has 0 fully saturated rings. The largest absolute Gasteiger partial charge is 0.308 e. The Morgan fingerprint density at radius 3 is 1.86 bits per heavy atom. The fourth-order valence-electron chi connectivity index (χ4n) is 7.69. The summed E-state index contributed by atoms with van der Waals surface area (Å²) in [5.41, 5.74) is 7.51. The summed E-state index contributed by atoms with van der Waals surface area (Å²) >= 11 is 3.82. The fraction of sp³-hybridized carbons (Fsp3) is 0. The van der Waals surface area contributed by atoms with Crippen molar-refractivity contribution < 1.29 is 0 Å². The molecule has 0 bridgehead atoms. The van der Waals surface area contributed by atoms with Gasteiger partial charge in [-0.2, -0.15) is 0 Å². The van der Waals surface area contributed by atoms with Crippen LogP contribution in [0.2, 0.25) is 0 Å². The summed E-state index contributed by atoms with van der Waals surface area (Å²) < 4.78 is 7.79. The van der Waals surface area contributed by atoms with Gasteiger partial charge in [-0.1, -0.05) is 115 Å². The SMILES string of the molecule is c1ccc(-c2nc(-c3cccc(-n4c5ccccc5c5c6sc7ccccc7c6c6c7ccccc7sc6c54)c3)nc3ccccc23)cc1. The summed E-state index contributed by atoms with van der Waals surface area (Å²) in [5.74, 6) is 0.721. The molecule has 0 saturated carbocycles. The number of fused-ring (bicyclic) bond motifs is 13. The van der Waals surface area contributed by atoms with E-state index in [9.17, 15) is 0 Å². The normalized spacial score (nSPS) is 12.1. The molecule has 0 radical (unpaired) electrons. The van der Waals surface area contributed by atoms with E-state index in [4.69, 9.17) is 9.97 Å². The smallest absolute Gasteiger partial charge is 0.160 e. The second kappa shape index (κ2) is 10.3. The molecule has 0 unspecified atom stereocenters. The van der Waals surface area contributed by atoms with Crippen molar-refractivity contribution in [2.75, 3.05) is 0 Å². The van der Waals surface area contributed by atoms with Gasteiger partial charge in [-0.15, -0.1) is 22.7 Å². The Kier molecular flexibility index (Phi) is 5.70. The molecule has 0 aliphatic heterocycles. The van der Waals surface area contributed by atoms with Gasteiger partial charge < -0.3 is 4.57 Å². The predicted molar refractivity (Wildman–Crippen MR) is 211 cm³/mol. The maximum atomic E-state index is 5.22. The van der Waals surface area contributed by atoms with Crippen molar-refractivity contribution in [1.82, 2.24) is 14.5 Å². The van der Waals surface area contributed by atoms with Crippen LogP contribution in [0, 0.1) is 0 Å². The molecule has 0 saturated heterocycles. The van der Waals surface area contributed by atoms with Gasteiger partial charge in [0.15, 0.2) is 5.82 Å². The summed E-state index contributed by atoms with van der Waals surface area (Å²) in [6.07, 6.45) is 0. The van der Waals surface area contributed by atoms with Crippen LogP contribution in [-0.4, -0.2) is 14.5 Å². The Bertz CT molecular complexity index is 3110. The highest BCUT2D eigenvalue weighted by Crippen LogP contribution is 2.52. The van der Waals surface area contributed by atoms with Gasteiger partial charge in [0.05, 0.1) is 26.9 Å². The summed E-state index contributed by atoms with van der Waals surface area (Å²) in [6, 6.07) is 54.2. The van der Waals surface area contributed by atoms with Crippen LogP contribution in [0.5, 0.6) is 0 Å². The monoisotopic (exact) mass is 659 g/mol. The van der Waals surface area contributed by atoms with Crippen molar-refractivity contribution in [3.8, 4) is 28.3 Å². The van der Waals surface area contributed by atoms with E-state index in [1.54, 1.807) is 0 Å². The van der Waals surface area contributed by atoms with E-state index >= 15 is 0 Å². The first-order valence-electron chi connectivity index (χ1n) is 16.4. The van der Waals surface area contributed by atoms with Crippen molar-refractivity contribution in [1.29, 1.82) is 0 Å². The van der Waals surface area contributed by atoms with Crippen LogP contribution in [0.1, 0.15) is 0 Å². The molecule has 11 aromatic rings. The van der Waals surface area contributed by atoms with Crippen molar-refractivity contribution in [2.24, 2.45) is 0 Å². The second-order valence-electron chi connectivity index (χ2n) is 12.5. The molecule has 0 atom stereocenters. The zero-order valence-corrected chi connectivity index (χ0v) is 27.7. The quantitative estimate of drug-likeness (QED) is 0.189. The van der Waals surface area contributed by atoms with Crippen LogP contribution < -0.4 is 0 Å². The molecule has 0 N–H and O–H groups in total. The van der Waals surface area contributed by atoms with E-state index in [2.05, 4.69) is 144 Å². The Labute approximate surface area is 289 Å². The first kappa shape index (κ1) is 27.1. The number of thiophene rings is 2.